The van der Waals surface area contributed by atoms with Gasteiger partial charge in [0.05, 0.1) is 6.61 Å². The van der Waals surface area contributed by atoms with Crippen LogP contribution in [0.25, 0.3) is 0 Å². The molecule has 0 N–H and O–H groups in total. The first kappa shape index (κ1) is 11.3. The van der Waals surface area contributed by atoms with E-state index in [4.69, 9.17) is 4.74 Å². The highest BCUT2D eigenvalue weighted by atomic mass is 16.6. The molecular weight excluding hydrogens is 178 g/mol. The number of carbonyl (C=O) groups is 1. The van der Waals surface area contributed by atoms with Gasteiger partial charge in [0, 0.05) is 12.6 Å². The minimum atomic E-state index is -0.145. The van der Waals surface area contributed by atoms with E-state index in [0.29, 0.717) is 12.6 Å². The highest BCUT2D eigenvalue weighted by Crippen LogP contribution is 2.30. The summed E-state index contributed by atoms with van der Waals surface area (Å²) >= 11 is 0. The Morgan fingerprint density at radius 2 is 2.14 bits per heavy atom. The van der Waals surface area contributed by atoms with E-state index in [-0.39, 0.29) is 6.09 Å². The molecule has 1 aliphatic carbocycles. The Kier molecular flexibility index (Phi) is 4.23. The van der Waals surface area contributed by atoms with Gasteiger partial charge in [0.1, 0.15) is 0 Å². The smallest absolute Gasteiger partial charge is 0.409 e. The monoisotopic (exact) mass is 199 g/mol. The fourth-order valence-electron chi connectivity index (χ4n) is 1.44. The summed E-state index contributed by atoms with van der Waals surface area (Å²) in [6.07, 6.45) is 3.39. The first-order chi connectivity index (χ1) is 6.69. The van der Waals surface area contributed by atoms with Crippen LogP contribution in [0, 0.1) is 5.92 Å². The predicted molar refractivity (Wildman–Crippen MR) is 56.2 cm³/mol. The number of rotatable bonds is 5. The maximum atomic E-state index is 11.6. The molecule has 0 saturated heterocycles. The molecule has 0 aromatic rings. The van der Waals surface area contributed by atoms with Crippen LogP contribution in [-0.2, 0) is 4.74 Å². The lowest BCUT2D eigenvalue weighted by atomic mass is 10.2. The van der Waals surface area contributed by atoms with Gasteiger partial charge in [-0.05, 0) is 39.0 Å². The summed E-state index contributed by atoms with van der Waals surface area (Å²) in [4.78, 5) is 13.5. The molecule has 1 amide bonds. The Morgan fingerprint density at radius 3 is 2.57 bits per heavy atom. The molecule has 1 unspecified atom stereocenters. The second-order valence-electron chi connectivity index (χ2n) is 4.05. The van der Waals surface area contributed by atoms with Gasteiger partial charge in [0.15, 0.2) is 0 Å². The van der Waals surface area contributed by atoms with Gasteiger partial charge < -0.3 is 9.64 Å². The Hall–Kier alpha value is -0.730. The van der Waals surface area contributed by atoms with Crippen molar-refractivity contribution in [2.24, 2.45) is 5.92 Å². The van der Waals surface area contributed by atoms with Crippen LogP contribution in [0.4, 0.5) is 4.79 Å². The summed E-state index contributed by atoms with van der Waals surface area (Å²) in [7, 11) is 0. The second-order valence-corrected chi connectivity index (χ2v) is 4.05. The van der Waals surface area contributed by atoms with Crippen LogP contribution >= 0.6 is 0 Å². The van der Waals surface area contributed by atoms with Gasteiger partial charge in [-0.3, -0.25) is 0 Å². The van der Waals surface area contributed by atoms with E-state index in [9.17, 15) is 4.79 Å². The lowest BCUT2D eigenvalue weighted by Gasteiger charge is -2.27. The van der Waals surface area contributed by atoms with Crippen molar-refractivity contribution in [3.05, 3.63) is 0 Å². The SMILES string of the molecule is CCOC(=O)N(CC1CC1)C(C)CC. The molecule has 3 heteroatoms. The van der Waals surface area contributed by atoms with E-state index >= 15 is 0 Å². The van der Waals surface area contributed by atoms with Crippen molar-refractivity contribution < 1.29 is 9.53 Å². The fourth-order valence-corrected chi connectivity index (χ4v) is 1.44. The van der Waals surface area contributed by atoms with Crippen LogP contribution < -0.4 is 0 Å². The van der Waals surface area contributed by atoms with Crippen LogP contribution in [0.2, 0.25) is 0 Å². The second kappa shape index (κ2) is 5.23. The molecule has 0 radical (unpaired) electrons. The Balaban J connectivity index is 2.45. The van der Waals surface area contributed by atoms with Crippen LogP contribution in [0.15, 0.2) is 0 Å². The largest absolute Gasteiger partial charge is 0.450 e. The molecule has 0 heterocycles. The third-order valence-corrected chi connectivity index (χ3v) is 2.78. The fraction of sp³-hybridized carbons (Fsp3) is 0.909. The maximum absolute atomic E-state index is 11.6. The third-order valence-electron chi connectivity index (χ3n) is 2.78. The quantitative estimate of drug-likeness (QED) is 0.681. The summed E-state index contributed by atoms with van der Waals surface area (Å²) < 4.78 is 5.04. The number of hydrogen-bond acceptors (Lipinski definition) is 2. The van der Waals surface area contributed by atoms with E-state index in [1.54, 1.807) is 0 Å². The van der Waals surface area contributed by atoms with E-state index in [0.717, 1.165) is 18.9 Å². The van der Waals surface area contributed by atoms with Gasteiger partial charge in [-0.25, -0.2) is 4.79 Å². The van der Waals surface area contributed by atoms with Gasteiger partial charge in [-0.1, -0.05) is 6.92 Å². The van der Waals surface area contributed by atoms with E-state index in [1.807, 2.05) is 11.8 Å². The number of carbonyl (C=O) groups excluding carboxylic acids is 1. The molecule has 1 fully saturated rings. The van der Waals surface area contributed by atoms with Crippen molar-refractivity contribution in [2.45, 2.75) is 46.1 Å². The van der Waals surface area contributed by atoms with Crippen molar-refractivity contribution in [3.63, 3.8) is 0 Å². The Labute approximate surface area is 86.4 Å². The van der Waals surface area contributed by atoms with Gasteiger partial charge in [-0.2, -0.15) is 0 Å². The minimum absolute atomic E-state index is 0.145. The summed E-state index contributed by atoms with van der Waals surface area (Å²) in [5.74, 6) is 0.730. The first-order valence-corrected chi connectivity index (χ1v) is 5.62. The third kappa shape index (κ3) is 3.20. The van der Waals surface area contributed by atoms with Gasteiger partial charge in [0.2, 0.25) is 0 Å². The molecule has 0 bridgehead atoms. The van der Waals surface area contributed by atoms with Crippen LogP contribution in [0.5, 0.6) is 0 Å². The molecule has 14 heavy (non-hydrogen) atoms. The Morgan fingerprint density at radius 1 is 1.50 bits per heavy atom. The molecule has 82 valence electrons. The summed E-state index contributed by atoms with van der Waals surface area (Å²) in [6.45, 7) is 7.39. The molecule has 3 nitrogen and oxygen atoms in total. The zero-order chi connectivity index (χ0) is 10.6. The summed E-state index contributed by atoms with van der Waals surface area (Å²) in [6, 6.07) is 0.301. The zero-order valence-corrected chi connectivity index (χ0v) is 9.45. The number of amides is 1. The average Bonchev–Trinajstić information content (AvgIpc) is 2.97. The average molecular weight is 199 g/mol. The number of nitrogens with zero attached hydrogens (tertiary/aromatic N) is 1. The van der Waals surface area contributed by atoms with E-state index in [1.165, 1.54) is 12.8 Å². The number of hydrogen-bond donors (Lipinski definition) is 0. The molecule has 1 aliphatic rings. The molecule has 1 atom stereocenters. The van der Waals surface area contributed by atoms with E-state index in [2.05, 4.69) is 13.8 Å². The van der Waals surface area contributed by atoms with Crippen LogP contribution in [0.3, 0.4) is 0 Å². The molecule has 0 aromatic carbocycles. The molecule has 0 aromatic heterocycles. The molecule has 0 aliphatic heterocycles. The van der Waals surface area contributed by atoms with Crippen molar-refractivity contribution in [2.75, 3.05) is 13.2 Å². The Bertz CT molecular complexity index is 190. The molecule has 1 rings (SSSR count). The molecular formula is C11H21NO2. The van der Waals surface area contributed by atoms with Crippen molar-refractivity contribution in [1.29, 1.82) is 0 Å². The maximum Gasteiger partial charge on any atom is 0.409 e. The lowest BCUT2D eigenvalue weighted by molar-refractivity contribution is 0.0901. The summed E-state index contributed by atoms with van der Waals surface area (Å²) in [5.41, 5.74) is 0. The highest BCUT2D eigenvalue weighted by Gasteiger charge is 2.29. The zero-order valence-electron chi connectivity index (χ0n) is 9.45. The van der Waals surface area contributed by atoms with Gasteiger partial charge in [0.25, 0.3) is 0 Å². The van der Waals surface area contributed by atoms with Crippen LogP contribution in [0.1, 0.15) is 40.0 Å². The van der Waals surface area contributed by atoms with Crippen LogP contribution in [-0.4, -0.2) is 30.2 Å². The lowest BCUT2D eigenvalue weighted by Crippen LogP contribution is -2.40. The molecule has 0 spiro atoms. The minimum Gasteiger partial charge on any atom is -0.450 e. The van der Waals surface area contributed by atoms with Gasteiger partial charge >= 0.3 is 6.09 Å². The van der Waals surface area contributed by atoms with Gasteiger partial charge in [-0.15, -0.1) is 0 Å². The van der Waals surface area contributed by atoms with Crippen molar-refractivity contribution in [3.8, 4) is 0 Å². The van der Waals surface area contributed by atoms with E-state index < -0.39 is 0 Å². The highest BCUT2D eigenvalue weighted by molar-refractivity contribution is 5.68. The first-order valence-electron chi connectivity index (χ1n) is 5.62. The molecule has 1 saturated carbocycles. The topological polar surface area (TPSA) is 29.5 Å². The number of ether oxygens (including phenoxy) is 1. The summed E-state index contributed by atoms with van der Waals surface area (Å²) in [5, 5.41) is 0. The predicted octanol–water partition coefficient (Wildman–Crippen LogP) is 2.65. The van der Waals surface area contributed by atoms with Crippen molar-refractivity contribution >= 4 is 6.09 Å². The standard InChI is InChI=1S/C11H21NO2/c1-4-9(3)12(8-10-6-7-10)11(13)14-5-2/h9-10H,4-8H2,1-3H3. The van der Waals surface area contributed by atoms with Crippen molar-refractivity contribution in [1.82, 2.24) is 4.90 Å². The normalized spacial score (nSPS) is 17.6.